The van der Waals surface area contributed by atoms with Crippen LogP contribution in [0.2, 0.25) is 0 Å². The van der Waals surface area contributed by atoms with Crippen LogP contribution in [-0.4, -0.2) is 26.2 Å². The summed E-state index contributed by atoms with van der Waals surface area (Å²) >= 11 is 0. The summed E-state index contributed by atoms with van der Waals surface area (Å²) < 4.78 is 14.6. The normalized spacial score (nSPS) is 26.1. The first-order chi connectivity index (χ1) is 9.33. The van der Waals surface area contributed by atoms with Gasteiger partial charge < -0.3 is 10.2 Å². The van der Waals surface area contributed by atoms with E-state index in [1.54, 1.807) is 0 Å². The van der Waals surface area contributed by atoms with Crippen LogP contribution in [0.3, 0.4) is 0 Å². The molecule has 2 aliphatic heterocycles. The molecule has 2 heterocycles. The lowest BCUT2D eigenvalue weighted by molar-refractivity contribution is 0.533. The zero-order valence-electron chi connectivity index (χ0n) is 10.8. The molecule has 98 valence electrons. The molecule has 0 amide bonds. The van der Waals surface area contributed by atoms with E-state index >= 15 is 0 Å². The van der Waals surface area contributed by atoms with Crippen molar-refractivity contribution in [3.63, 3.8) is 0 Å². The number of halogens is 1. The van der Waals surface area contributed by atoms with Crippen molar-refractivity contribution in [1.29, 1.82) is 0 Å². The van der Waals surface area contributed by atoms with Crippen LogP contribution in [-0.2, 0) is 0 Å². The Morgan fingerprint density at radius 2 is 1.74 bits per heavy atom. The summed E-state index contributed by atoms with van der Waals surface area (Å²) in [6.07, 6.45) is 0. The van der Waals surface area contributed by atoms with E-state index in [1.165, 1.54) is 0 Å². The number of hydrogen-bond acceptors (Lipinski definition) is 2. The molecule has 2 aliphatic rings. The van der Waals surface area contributed by atoms with Crippen molar-refractivity contribution in [2.45, 2.75) is 0 Å². The Balaban J connectivity index is 1.74. The average Bonchev–Trinajstić information content (AvgIpc) is 3.00. The predicted molar refractivity (Wildman–Crippen MR) is 76.0 cm³/mol. The first-order valence-electron chi connectivity index (χ1n) is 6.96. The van der Waals surface area contributed by atoms with Crippen LogP contribution >= 0.6 is 0 Å². The van der Waals surface area contributed by atoms with Crippen LogP contribution in [0.15, 0.2) is 36.4 Å². The lowest BCUT2D eigenvalue weighted by Gasteiger charge is -2.21. The molecule has 0 bridgehead atoms. The minimum Gasteiger partial charge on any atom is -0.368 e. The van der Waals surface area contributed by atoms with Crippen molar-refractivity contribution in [3.05, 3.63) is 42.2 Å². The lowest BCUT2D eigenvalue weighted by Crippen LogP contribution is -2.26. The number of nitrogens with one attached hydrogen (secondary N) is 1. The van der Waals surface area contributed by atoms with Gasteiger partial charge in [-0.2, -0.15) is 0 Å². The minimum atomic E-state index is -0.0639. The summed E-state index contributed by atoms with van der Waals surface area (Å²) in [6.45, 7) is 4.12. The van der Waals surface area contributed by atoms with Crippen LogP contribution in [0, 0.1) is 17.7 Å². The van der Waals surface area contributed by atoms with Crippen LogP contribution in [0.4, 0.5) is 10.1 Å². The van der Waals surface area contributed by atoms with Crippen LogP contribution in [0.1, 0.15) is 0 Å². The molecule has 19 heavy (non-hydrogen) atoms. The highest BCUT2D eigenvalue weighted by molar-refractivity contribution is 5.86. The average molecular weight is 256 g/mol. The molecule has 2 aromatic rings. The zero-order valence-corrected chi connectivity index (χ0v) is 10.8. The molecule has 2 aromatic carbocycles. The Kier molecular flexibility index (Phi) is 2.49. The number of benzene rings is 2. The van der Waals surface area contributed by atoms with Crippen molar-refractivity contribution >= 4 is 16.5 Å². The minimum absolute atomic E-state index is 0.0639. The number of rotatable bonds is 1. The second kappa shape index (κ2) is 4.20. The Morgan fingerprint density at radius 1 is 1.00 bits per heavy atom. The summed E-state index contributed by atoms with van der Waals surface area (Å²) in [7, 11) is 0. The number of nitrogens with zero attached hydrogens (tertiary/aromatic N) is 1. The highest BCUT2D eigenvalue weighted by atomic mass is 19.1. The maximum absolute atomic E-state index is 14.6. The number of fused-ring (bicyclic) bond motifs is 2. The fraction of sp³-hybridized carbons (Fsp3) is 0.375. The third kappa shape index (κ3) is 1.72. The fourth-order valence-corrected chi connectivity index (χ4v) is 3.52. The van der Waals surface area contributed by atoms with Gasteiger partial charge in [-0.05, 0) is 23.3 Å². The summed E-state index contributed by atoms with van der Waals surface area (Å²) in [5, 5.41) is 5.13. The topological polar surface area (TPSA) is 15.3 Å². The van der Waals surface area contributed by atoms with Gasteiger partial charge in [-0.3, -0.25) is 0 Å². The van der Waals surface area contributed by atoms with Gasteiger partial charge in [-0.1, -0.05) is 30.3 Å². The summed E-state index contributed by atoms with van der Waals surface area (Å²) in [6, 6.07) is 11.6. The summed E-state index contributed by atoms with van der Waals surface area (Å²) in [5.74, 6) is 1.31. The molecular formula is C16H17FN2. The van der Waals surface area contributed by atoms with E-state index < -0.39 is 0 Å². The van der Waals surface area contributed by atoms with Crippen molar-refractivity contribution < 1.29 is 4.39 Å². The van der Waals surface area contributed by atoms with Gasteiger partial charge in [-0.15, -0.1) is 0 Å². The van der Waals surface area contributed by atoms with Crippen LogP contribution in [0.5, 0.6) is 0 Å². The van der Waals surface area contributed by atoms with E-state index in [9.17, 15) is 4.39 Å². The highest BCUT2D eigenvalue weighted by Crippen LogP contribution is 2.34. The van der Waals surface area contributed by atoms with Gasteiger partial charge in [0.25, 0.3) is 0 Å². The molecule has 1 N–H and O–H groups in total. The first kappa shape index (κ1) is 11.2. The van der Waals surface area contributed by atoms with Gasteiger partial charge >= 0.3 is 0 Å². The molecule has 3 heteroatoms. The number of hydrogen-bond donors (Lipinski definition) is 1. The van der Waals surface area contributed by atoms with Gasteiger partial charge in [0.2, 0.25) is 0 Å². The van der Waals surface area contributed by atoms with Crippen molar-refractivity contribution in [3.8, 4) is 0 Å². The Morgan fingerprint density at radius 3 is 2.53 bits per heavy atom. The first-order valence-corrected chi connectivity index (χ1v) is 6.96. The smallest absolute Gasteiger partial charge is 0.154 e. The quantitative estimate of drug-likeness (QED) is 0.844. The highest BCUT2D eigenvalue weighted by Gasteiger charge is 2.36. The van der Waals surface area contributed by atoms with Crippen molar-refractivity contribution in [2.75, 3.05) is 31.1 Å². The third-order valence-corrected chi connectivity index (χ3v) is 4.57. The van der Waals surface area contributed by atoms with E-state index in [2.05, 4.69) is 10.2 Å². The fourth-order valence-electron chi connectivity index (χ4n) is 3.52. The molecule has 2 nitrogen and oxygen atoms in total. The molecule has 2 unspecified atom stereocenters. The maximum Gasteiger partial charge on any atom is 0.154 e. The van der Waals surface area contributed by atoms with Crippen molar-refractivity contribution in [2.24, 2.45) is 11.8 Å². The van der Waals surface area contributed by atoms with Crippen LogP contribution < -0.4 is 10.2 Å². The molecule has 0 aromatic heterocycles. The van der Waals surface area contributed by atoms with Gasteiger partial charge in [0, 0.05) is 31.6 Å². The summed E-state index contributed by atoms with van der Waals surface area (Å²) in [5.41, 5.74) is 0.771. The third-order valence-electron chi connectivity index (χ3n) is 4.57. The maximum atomic E-state index is 14.6. The van der Waals surface area contributed by atoms with E-state index in [4.69, 9.17) is 0 Å². The molecule has 0 aliphatic carbocycles. The largest absolute Gasteiger partial charge is 0.368 e. The van der Waals surface area contributed by atoms with E-state index in [1.807, 2.05) is 36.4 Å². The molecule has 4 rings (SSSR count). The molecular weight excluding hydrogens is 239 g/mol. The van der Waals surface area contributed by atoms with Gasteiger partial charge in [-0.25, -0.2) is 4.39 Å². The van der Waals surface area contributed by atoms with E-state index in [0.717, 1.165) is 42.6 Å². The second-order valence-electron chi connectivity index (χ2n) is 5.70. The SMILES string of the molecule is Fc1c(N2CC3CNCC3C2)ccc2ccccc12. The van der Waals surface area contributed by atoms with Crippen LogP contribution in [0.25, 0.3) is 10.8 Å². The second-order valence-corrected chi connectivity index (χ2v) is 5.70. The predicted octanol–water partition coefficient (Wildman–Crippen LogP) is 2.63. The number of anilines is 1. The van der Waals surface area contributed by atoms with Crippen molar-refractivity contribution in [1.82, 2.24) is 5.32 Å². The molecule has 0 spiro atoms. The zero-order chi connectivity index (χ0) is 12.8. The molecule has 2 saturated heterocycles. The lowest BCUT2D eigenvalue weighted by atomic mass is 10.0. The molecule has 0 saturated carbocycles. The Labute approximate surface area is 112 Å². The van der Waals surface area contributed by atoms with E-state index in [-0.39, 0.29) is 5.82 Å². The monoisotopic (exact) mass is 256 g/mol. The Hall–Kier alpha value is -1.61. The van der Waals surface area contributed by atoms with Gasteiger partial charge in [0.05, 0.1) is 5.69 Å². The standard InChI is InChI=1S/C16H17FN2/c17-16-14-4-2-1-3-11(14)5-6-15(16)19-9-12-7-18-8-13(12)10-19/h1-6,12-13,18H,7-10H2. The molecule has 2 atom stereocenters. The Bertz CT molecular complexity index is 613. The molecule has 2 fully saturated rings. The van der Waals surface area contributed by atoms with Gasteiger partial charge in [0.15, 0.2) is 5.82 Å². The molecule has 0 radical (unpaired) electrons. The van der Waals surface area contributed by atoms with E-state index in [0.29, 0.717) is 11.8 Å². The van der Waals surface area contributed by atoms with Gasteiger partial charge in [0.1, 0.15) is 0 Å². The summed E-state index contributed by atoms with van der Waals surface area (Å²) in [4.78, 5) is 2.22.